The number of rotatable bonds is 5. The van der Waals surface area contributed by atoms with Gasteiger partial charge in [-0.1, -0.05) is 0 Å². The lowest BCUT2D eigenvalue weighted by Gasteiger charge is -2.38. The molecule has 1 amide bonds. The molecule has 6 nitrogen and oxygen atoms in total. The van der Waals surface area contributed by atoms with Crippen molar-refractivity contribution in [3.63, 3.8) is 0 Å². The third kappa shape index (κ3) is 4.97. The Morgan fingerprint density at radius 1 is 0.893 bits per heavy atom. The zero-order valence-electron chi connectivity index (χ0n) is 16.8. The van der Waals surface area contributed by atoms with Crippen molar-refractivity contribution in [1.82, 2.24) is 24.7 Å². The molecule has 0 saturated carbocycles. The molecule has 0 spiro atoms. The topological polar surface area (TPSA) is 52.6 Å². The fraction of sp³-hybridized carbons (Fsp3) is 0.650. The number of aryl methyl sites for hydroxylation is 2. The average molecular weight is 420 g/mol. The van der Waals surface area contributed by atoms with Crippen LogP contribution < -0.4 is 0 Å². The summed E-state index contributed by atoms with van der Waals surface area (Å²) in [5.74, 6) is 0.564. The maximum atomic E-state index is 13.0. The molecular weight excluding hydrogens is 390 g/mol. The minimum atomic E-state index is 0.196. The van der Waals surface area contributed by atoms with E-state index < -0.39 is 0 Å². The summed E-state index contributed by atoms with van der Waals surface area (Å²) in [5, 5.41) is 6.55. The van der Waals surface area contributed by atoms with Crippen molar-refractivity contribution in [1.29, 1.82) is 0 Å². The van der Waals surface area contributed by atoms with Crippen molar-refractivity contribution in [3.8, 4) is 0 Å². The van der Waals surface area contributed by atoms with Gasteiger partial charge in [-0.2, -0.15) is 0 Å². The summed E-state index contributed by atoms with van der Waals surface area (Å²) in [7, 11) is 0. The van der Waals surface area contributed by atoms with Crippen molar-refractivity contribution < 1.29 is 4.79 Å². The molecule has 0 aromatic carbocycles. The second-order valence-corrected chi connectivity index (χ2v) is 9.99. The van der Waals surface area contributed by atoms with Crippen molar-refractivity contribution in [2.24, 2.45) is 5.92 Å². The Kier molecular flexibility index (Phi) is 6.40. The second kappa shape index (κ2) is 8.98. The molecule has 2 aliphatic rings. The minimum absolute atomic E-state index is 0.196. The van der Waals surface area contributed by atoms with Gasteiger partial charge in [0.05, 0.1) is 21.4 Å². The number of carbonyl (C=O) groups excluding carboxylic acids is 1. The number of hydrogen-bond acceptors (Lipinski definition) is 7. The van der Waals surface area contributed by atoms with E-state index in [9.17, 15) is 4.79 Å². The summed E-state index contributed by atoms with van der Waals surface area (Å²) in [6.45, 7) is 11.5. The lowest BCUT2D eigenvalue weighted by molar-refractivity contribution is -0.139. The smallest absolute Gasteiger partial charge is 0.225 e. The number of aromatic nitrogens is 2. The van der Waals surface area contributed by atoms with Crippen molar-refractivity contribution >= 4 is 28.6 Å². The first-order valence-electron chi connectivity index (χ1n) is 10.1. The normalized spacial score (nSPS) is 20.0. The SMILES string of the molecule is Cc1nc(CN2CCC(C(=O)N3CCN(Cc4csc(C)n4)CC3)CC2)cs1. The van der Waals surface area contributed by atoms with Crippen LogP contribution in [0.2, 0.25) is 0 Å². The molecule has 28 heavy (non-hydrogen) atoms. The second-order valence-electron chi connectivity index (χ2n) is 7.87. The molecule has 0 N–H and O–H groups in total. The maximum Gasteiger partial charge on any atom is 0.225 e. The van der Waals surface area contributed by atoms with Gasteiger partial charge in [0, 0.05) is 55.9 Å². The quantitative estimate of drug-likeness (QED) is 0.746. The maximum absolute atomic E-state index is 13.0. The van der Waals surface area contributed by atoms with E-state index in [1.807, 2.05) is 6.92 Å². The van der Waals surface area contributed by atoms with Crippen LogP contribution in [0.5, 0.6) is 0 Å². The molecule has 8 heteroatoms. The molecule has 2 aliphatic heterocycles. The number of amides is 1. The van der Waals surface area contributed by atoms with Gasteiger partial charge in [0.15, 0.2) is 0 Å². The zero-order valence-corrected chi connectivity index (χ0v) is 18.4. The summed E-state index contributed by atoms with van der Waals surface area (Å²) in [6, 6.07) is 0. The van der Waals surface area contributed by atoms with Crippen LogP contribution in [-0.4, -0.2) is 69.8 Å². The van der Waals surface area contributed by atoms with Gasteiger partial charge in [-0.3, -0.25) is 14.6 Å². The van der Waals surface area contributed by atoms with E-state index in [-0.39, 0.29) is 5.92 Å². The van der Waals surface area contributed by atoms with Crippen LogP contribution in [0, 0.1) is 19.8 Å². The van der Waals surface area contributed by atoms with E-state index in [0.717, 1.165) is 80.9 Å². The molecule has 0 bridgehead atoms. The van der Waals surface area contributed by atoms with E-state index in [0.29, 0.717) is 5.91 Å². The molecule has 0 aliphatic carbocycles. The lowest BCUT2D eigenvalue weighted by Crippen LogP contribution is -2.51. The van der Waals surface area contributed by atoms with Gasteiger partial charge in [0.1, 0.15) is 0 Å². The number of piperidine rings is 1. The van der Waals surface area contributed by atoms with Gasteiger partial charge in [0.2, 0.25) is 5.91 Å². The van der Waals surface area contributed by atoms with E-state index in [4.69, 9.17) is 0 Å². The Bertz CT molecular complexity index is 724. The van der Waals surface area contributed by atoms with Gasteiger partial charge in [-0.05, 0) is 39.8 Å². The van der Waals surface area contributed by atoms with E-state index in [2.05, 4.69) is 42.4 Å². The van der Waals surface area contributed by atoms with Gasteiger partial charge in [0.25, 0.3) is 0 Å². The highest BCUT2D eigenvalue weighted by Crippen LogP contribution is 2.22. The molecule has 2 aromatic rings. The predicted octanol–water partition coefficient (Wildman–Crippen LogP) is 2.77. The van der Waals surface area contributed by atoms with Gasteiger partial charge < -0.3 is 4.90 Å². The Hall–Kier alpha value is -1.35. The number of carbonyl (C=O) groups is 1. The van der Waals surface area contributed by atoms with E-state index in [1.165, 1.54) is 5.69 Å². The van der Waals surface area contributed by atoms with Crippen LogP contribution in [-0.2, 0) is 17.9 Å². The standard InChI is InChI=1S/C20H29N5OS2/c1-15-21-18(13-27-15)11-23-5-3-17(4-6-23)20(26)25-9-7-24(8-10-25)12-19-14-28-16(2)22-19/h13-14,17H,3-12H2,1-2H3. The number of nitrogens with zero attached hydrogens (tertiary/aromatic N) is 5. The molecule has 152 valence electrons. The van der Waals surface area contributed by atoms with Crippen LogP contribution in [0.15, 0.2) is 10.8 Å². The molecule has 2 saturated heterocycles. The van der Waals surface area contributed by atoms with Crippen molar-refractivity contribution in [3.05, 3.63) is 32.2 Å². The average Bonchev–Trinajstić information content (AvgIpc) is 3.30. The van der Waals surface area contributed by atoms with E-state index >= 15 is 0 Å². The molecule has 2 aromatic heterocycles. The Balaban J connectivity index is 1.20. The highest BCUT2D eigenvalue weighted by Gasteiger charge is 2.30. The molecular formula is C20H29N5OS2. The Morgan fingerprint density at radius 2 is 1.39 bits per heavy atom. The molecule has 0 radical (unpaired) electrons. The van der Waals surface area contributed by atoms with Crippen molar-refractivity contribution in [2.75, 3.05) is 39.3 Å². The van der Waals surface area contributed by atoms with Gasteiger partial charge in [-0.25, -0.2) is 9.97 Å². The monoisotopic (exact) mass is 419 g/mol. The largest absolute Gasteiger partial charge is 0.340 e. The first-order chi connectivity index (χ1) is 13.6. The third-order valence-corrected chi connectivity index (χ3v) is 7.37. The lowest BCUT2D eigenvalue weighted by atomic mass is 9.95. The van der Waals surface area contributed by atoms with Crippen LogP contribution in [0.25, 0.3) is 0 Å². The minimum Gasteiger partial charge on any atom is -0.340 e. The number of piperazine rings is 1. The van der Waals surface area contributed by atoms with Gasteiger partial charge in [-0.15, -0.1) is 22.7 Å². The van der Waals surface area contributed by atoms with Crippen LogP contribution >= 0.6 is 22.7 Å². The van der Waals surface area contributed by atoms with Crippen LogP contribution in [0.3, 0.4) is 0 Å². The fourth-order valence-electron chi connectivity index (χ4n) is 4.14. The van der Waals surface area contributed by atoms with E-state index in [1.54, 1.807) is 22.7 Å². The molecule has 2 fully saturated rings. The summed E-state index contributed by atoms with van der Waals surface area (Å²) >= 11 is 3.42. The Labute approximate surface area is 175 Å². The fourth-order valence-corrected chi connectivity index (χ4v) is 5.35. The highest BCUT2D eigenvalue weighted by atomic mass is 32.1. The Morgan fingerprint density at radius 3 is 1.86 bits per heavy atom. The third-order valence-electron chi connectivity index (χ3n) is 5.73. The van der Waals surface area contributed by atoms with Gasteiger partial charge >= 0.3 is 0 Å². The molecule has 0 unspecified atom stereocenters. The zero-order chi connectivity index (χ0) is 19.5. The number of thiazole rings is 2. The summed E-state index contributed by atoms with van der Waals surface area (Å²) < 4.78 is 0. The van der Waals surface area contributed by atoms with Crippen LogP contribution in [0.4, 0.5) is 0 Å². The predicted molar refractivity (Wildman–Crippen MR) is 114 cm³/mol. The molecule has 4 rings (SSSR count). The summed E-state index contributed by atoms with van der Waals surface area (Å²) in [4.78, 5) is 29.0. The summed E-state index contributed by atoms with van der Waals surface area (Å²) in [5.41, 5.74) is 2.32. The molecule has 4 heterocycles. The number of likely N-dealkylation sites (tertiary alicyclic amines) is 1. The first kappa shape index (κ1) is 19.9. The highest BCUT2D eigenvalue weighted by molar-refractivity contribution is 7.09. The summed E-state index contributed by atoms with van der Waals surface area (Å²) in [6.07, 6.45) is 1.94. The number of hydrogen-bond donors (Lipinski definition) is 0. The van der Waals surface area contributed by atoms with Crippen LogP contribution in [0.1, 0.15) is 34.2 Å². The van der Waals surface area contributed by atoms with Crippen molar-refractivity contribution in [2.45, 2.75) is 39.8 Å². The molecule has 0 atom stereocenters. The first-order valence-corrected chi connectivity index (χ1v) is 11.9.